The van der Waals surface area contributed by atoms with Gasteiger partial charge in [0.15, 0.2) is 0 Å². The minimum Gasteiger partial charge on any atom is -0.0654 e. The first kappa shape index (κ1) is 12.5. The maximum Gasteiger partial charge on any atom is 0 e. The van der Waals surface area contributed by atoms with Crippen LogP contribution in [0.4, 0.5) is 0 Å². The summed E-state index contributed by atoms with van der Waals surface area (Å²) < 4.78 is 0. The SMILES string of the molecule is [CH2]CCCCCCC.[HH].[Sn]. The van der Waals surface area contributed by atoms with E-state index in [9.17, 15) is 0 Å². The van der Waals surface area contributed by atoms with Gasteiger partial charge in [0.05, 0.1) is 0 Å². The Hall–Kier alpha value is 0.799. The fourth-order valence-electron chi connectivity index (χ4n) is 0.780. The largest absolute Gasteiger partial charge is 0.0654 e. The Morgan fingerprint density at radius 2 is 1.67 bits per heavy atom. The Labute approximate surface area is 77.9 Å². The normalized spacial score (nSPS) is 8.67. The van der Waals surface area contributed by atoms with Crippen LogP contribution in [0.1, 0.15) is 46.9 Å². The molecule has 0 atom stereocenters. The van der Waals surface area contributed by atoms with Gasteiger partial charge in [0.1, 0.15) is 0 Å². The predicted octanol–water partition coefficient (Wildman–Crippen LogP) is 3.05. The van der Waals surface area contributed by atoms with Crippen LogP contribution in [0.25, 0.3) is 0 Å². The predicted molar refractivity (Wildman–Crippen MR) is 46.6 cm³/mol. The van der Waals surface area contributed by atoms with Gasteiger partial charge in [-0.25, -0.2) is 0 Å². The molecule has 0 saturated heterocycles. The zero-order chi connectivity index (χ0) is 6.24. The summed E-state index contributed by atoms with van der Waals surface area (Å²) in [5.41, 5.74) is 0. The standard InChI is InChI=1S/C8H17.Sn.H2/c1-3-5-7-8-6-4-2;;/h1,3-8H2,2H3;;1H. The van der Waals surface area contributed by atoms with Crippen molar-refractivity contribution >= 4 is 23.9 Å². The zero-order valence-corrected chi connectivity index (χ0v) is 9.30. The second-order valence-electron chi connectivity index (χ2n) is 2.27. The first-order valence-corrected chi connectivity index (χ1v) is 3.71. The van der Waals surface area contributed by atoms with Crippen LogP contribution < -0.4 is 0 Å². The third-order valence-corrected chi connectivity index (χ3v) is 1.35. The minimum atomic E-state index is 0. The van der Waals surface area contributed by atoms with E-state index >= 15 is 0 Å². The molecule has 0 amide bonds. The topological polar surface area (TPSA) is 0 Å². The van der Waals surface area contributed by atoms with Gasteiger partial charge in [0, 0.05) is 25.3 Å². The van der Waals surface area contributed by atoms with Crippen molar-refractivity contribution in [3.05, 3.63) is 6.92 Å². The molecule has 0 spiro atoms. The summed E-state index contributed by atoms with van der Waals surface area (Å²) in [6.07, 6.45) is 7.98. The van der Waals surface area contributed by atoms with Crippen molar-refractivity contribution in [1.82, 2.24) is 0 Å². The van der Waals surface area contributed by atoms with Gasteiger partial charge in [-0.15, -0.1) is 0 Å². The molecule has 1 heteroatoms. The van der Waals surface area contributed by atoms with E-state index in [1.165, 1.54) is 32.1 Å². The first-order valence-electron chi connectivity index (χ1n) is 3.71. The maximum absolute atomic E-state index is 3.78. The van der Waals surface area contributed by atoms with Crippen molar-refractivity contribution in [2.75, 3.05) is 0 Å². The summed E-state index contributed by atoms with van der Waals surface area (Å²) in [6, 6.07) is 0. The molecule has 0 aromatic carbocycles. The number of rotatable bonds is 5. The van der Waals surface area contributed by atoms with Gasteiger partial charge in [-0.05, 0) is 0 Å². The summed E-state index contributed by atoms with van der Waals surface area (Å²) in [6.45, 7) is 6.02. The smallest absolute Gasteiger partial charge is 0 e. The molecular weight excluding hydrogens is 215 g/mol. The van der Waals surface area contributed by atoms with Crippen molar-refractivity contribution in [2.45, 2.75) is 45.4 Å². The van der Waals surface area contributed by atoms with Crippen LogP contribution >= 0.6 is 0 Å². The van der Waals surface area contributed by atoms with Gasteiger partial charge in [-0.3, -0.25) is 0 Å². The zero-order valence-electron chi connectivity index (χ0n) is 6.45. The fraction of sp³-hybridized carbons (Fsp3) is 0.875. The molecular formula is C8H19Sn. The third kappa shape index (κ3) is 12.1. The molecule has 0 heterocycles. The second kappa shape index (κ2) is 11.6. The molecule has 0 saturated carbocycles. The van der Waals surface area contributed by atoms with E-state index < -0.39 is 0 Å². The van der Waals surface area contributed by atoms with Crippen LogP contribution in [0.3, 0.4) is 0 Å². The Balaban J connectivity index is -0.000000245. The second-order valence-corrected chi connectivity index (χ2v) is 2.27. The van der Waals surface area contributed by atoms with Crippen LogP contribution in [0.2, 0.25) is 0 Å². The molecule has 0 unspecified atom stereocenters. The van der Waals surface area contributed by atoms with Gasteiger partial charge in [-0.1, -0.05) is 52.4 Å². The van der Waals surface area contributed by atoms with Gasteiger partial charge >= 0.3 is 0 Å². The molecule has 0 bridgehead atoms. The quantitative estimate of drug-likeness (QED) is 0.506. The molecule has 55 valence electrons. The molecule has 0 aliphatic heterocycles. The van der Waals surface area contributed by atoms with E-state index in [2.05, 4.69) is 13.8 Å². The van der Waals surface area contributed by atoms with Gasteiger partial charge in [0.25, 0.3) is 0 Å². The Morgan fingerprint density at radius 1 is 1.11 bits per heavy atom. The van der Waals surface area contributed by atoms with Crippen molar-refractivity contribution in [3.63, 3.8) is 0 Å². The van der Waals surface area contributed by atoms with E-state index in [0.29, 0.717) is 0 Å². The van der Waals surface area contributed by atoms with E-state index in [1.54, 1.807) is 0 Å². The first-order chi connectivity index (χ1) is 3.91. The average Bonchev–Trinajstić information content (AvgIpc) is 1.81. The van der Waals surface area contributed by atoms with E-state index in [1.807, 2.05) is 0 Å². The monoisotopic (exact) mass is 235 g/mol. The fourth-order valence-corrected chi connectivity index (χ4v) is 0.780. The summed E-state index contributed by atoms with van der Waals surface area (Å²) >= 11 is 0. The van der Waals surface area contributed by atoms with Crippen LogP contribution in [-0.4, -0.2) is 23.9 Å². The molecule has 5 radical (unpaired) electrons. The maximum atomic E-state index is 3.78. The van der Waals surface area contributed by atoms with Crippen LogP contribution in [0, 0.1) is 6.92 Å². The van der Waals surface area contributed by atoms with Crippen molar-refractivity contribution < 1.29 is 1.43 Å². The Bertz CT molecular complexity index is 34.2. The van der Waals surface area contributed by atoms with Crippen molar-refractivity contribution in [1.29, 1.82) is 0 Å². The van der Waals surface area contributed by atoms with E-state index in [4.69, 9.17) is 0 Å². The molecule has 9 heavy (non-hydrogen) atoms. The van der Waals surface area contributed by atoms with Gasteiger partial charge < -0.3 is 0 Å². The molecule has 0 fully saturated rings. The average molecular weight is 234 g/mol. The third-order valence-electron chi connectivity index (χ3n) is 1.35. The Kier molecular flexibility index (Phi) is 16.0. The summed E-state index contributed by atoms with van der Waals surface area (Å²) in [5.74, 6) is 0. The number of hydrogen-bond donors (Lipinski definition) is 0. The molecule has 0 aromatic heterocycles. The van der Waals surface area contributed by atoms with E-state index in [-0.39, 0.29) is 25.3 Å². The van der Waals surface area contributed by atoms with Crippen molar-refractivity contribution in [2.24, 2.45) is 0 Å². The number of unbranched alkanes of at least 4 members (excludes halogenated alkanes) is 5. The van der Waals surface area contributed by atoms with Crippen molar-refractivity contribution in [3.8, 4) is 0 Å². The number of hydrogen-bond acceptors (Lipinski definition) is 0. The molecule has 0 rings (SSSR count). The Morgan fingerprint density at radius 3 is 2.11 bits per heavy atom. The molecule has 0 aliphatic carbocycles. The van der Waals surface area contributed by atoms with Gasteiger partial charge in [-0.2, -0.15) is 0 Å². The van der Waals surface area contributed by atoms with Crippen LogP contribution in [0.15, 0.2) is 0 Å². The summed E-state index contributed by atoms with van der Waals surface area (Å²) in [7, 11) is 0. The molecule has 0 aliphatic rings. The molecule has 0 aromatic rings. The molecule has 0 N–H and O–H groups in total. The minimum absolute atomic E-state index is 0. The summed E-state index contributed by atoms with van der Waals surface area (Å²) in [5, 5.41) is 0. The van der Waals surface area contributed by atoms with Crippen LogP contribution in [-0.2, 0) is 0 Å². The van der Waals surface area contributed by atoms with Gasteiger partial charge in [0.2, 0.25) is 0 Å². The van der Waals surface area contributed by atoms with E-state index in [0.717, 1.165) is 6.42 Å². The van der Waals surface area contributed by atoms with Crippen LogP contribution in [0.5, 0.6) is 0 Å². The molecule has 0 nitrogen and oxygen atoms in total. The summed E-state index contributed by atoms with van der Waals surface area (Å²) in [4.78, 5) is 0.